The molecule has 5 nitrogen and oxygen atoms in total. The van der Waals surface area contributed by atoms with Crippen molar-refractivity contribution in [2.75, 3.05) is 0 Å². The van der Waals surface area contributed by atoms with Gasteiger partial charge in [0.2, 0.25) is 12.6 Å². The van der Waals surface area contributed by atoms with Crippen molar-refractivity contribution in [2.24, 2.45) is 0 Å². The third kappa shape index (κ3) is 4.71. The van der Waals surface area contributed by atoms with Gasteiger partial charge in [-0.05, 0) is 13.3 Å². The molecule has 102 valence electrons. The molecule has 0 spiro atoms. The van der Waals surface area contributed by atoms with Crippen LogP contribution < -0.4 is 4.57 Å². The largest absolute Gasteiger partial charge is 0.870 e. The summed E-state index contributed by atoms with van der Waals surface area (Å²) in [6.45, 7) is 10.2. The lowest BCUT2D eigenvalue weighted by atomic mass is 10.3. The molecule has 0 bridgehead atoms. The smallest absolute Gasteiger partial charge is 0.336 e. The Morgan fingerprint density at radius 3 is 2.78 bits per heavy atom. The van der Waals surface area contributed by atoms with Crippen LogP contribution >= 0.6 is 0 Å². The SMILES string of the molecule is C=C(C)C(=O)OC(C)n1cc[n+](CCCC)c1.[OH-]. The fraction of sp³-hybridized carbons (Fsp3) is 0.538. The van der Waals surface area contributed by atoms with Gasteiger partial charge in [-0.2, -0.15) is 4.57 Å². The van der Waals surface area contributed by atoms with E-state index in [9.17, 15) is 4.79 Å². The number of esters is 1. The van der Waals surface area contributed by atoms with Gasteiger partial charge in [0.15, 0.2) is 0 Å². The second-order valence-electron chi connectivity index (χ2n) is 4.24. The van der Waals surface area contributed by atoms with E-state index in [0.29, 0.717) is 5.57 Å². The molecule has 0 aromatic carbocycles. The van der Waals surface area contributed by atoms with Crippen LogP contribution in [-0.4, -0.2) is 16.0 Å². The van der Waals surface area contributed by atoms with Crippen LogP contribution in [-0.2, 0) is 16.1 Å². The highest BCUT2D eigenvalue weighted by Gasteiger charge is 2.16. The summed E-state index contributed by atoms with van der Waals surface area (Å²) in [5.74, 6) is -0.355. The van der Waals surface area contributed by atoms with Crippen LogP contribution in [0, 0.1) is 0 Å². The van der Waals surface area contributed by atoms with E-state index < -0.39 is 0 Å². The lowest BCUT2D eigenvalue weighted by Crippen LogP contribution is -2.31. The summed E-state index contributed by atoms with van der Waals surface area (Å²) >= 11 is 0. The summed E-state index contributed by atoms with van der Waals surface area (Å²) < 4.78 is 9.19. The zero-order valence-electron chi connectivity index (χ0n) is 11.3. The molecule has 0 saturated carbocycles. The Labute approximate surface area is 108 Å². The summed E-state index contributed by atoms with van der Waals surface area (Å²) in [4.78, 5) is 11.4. The van der Waals surface area contributed by atoms with E-state index in [1.165, 1.54) is 6.42 Å². The van der Waals surface area contributed by atoms with Gasteiger partial charge in [0.1, 0.15) is 12.4 Å². The maximum absolute atomic E-state index is 11.4. The first-order valence-electron chi connectivity index (χ1n) is 5.97. The van der Waals surface area contributed by atoms with Gasteiger partial charge in [0, 0.05) is 12.5 Å². The summed E-state index contributed by atoms with van der Waals surface area (Å²) in [6, 6.07) is 0. The number of rotatable bonds is 6. The van der Waals surface area contributed by atoms with Gasteiger partial charge in [-0.25, -0.2) is 9.36 Å². The molecule has 5 heteroatoms. The van der Waals surface area contributed by atoms with Crippen LogP contribution in [0.15, 0.2) is 30.9 Å². The molecule has 1 N–H and O–H groups in total. The molecule has 1 unspecified atom stereocenters. The van der Waals surface area contributed by atoms with Gasteiger partial charge >= 0.3 is 5.97 Å². The van der Waals surface area contributed by atoms with Gasteiger partial charge in [-0.1, -0.05) is 19.9 Å². The maximum atomic E-state index is 11.4. The first-order chi connectivity index (χ1) is 8.04. The van der Waals surface area contributed by atoms with Crippen LogP contribution in [0.3, 0.4) is 0 Å². The Morgan fingerprint density at radius 2 is 2.22 bits per heavy atom. The van der Waals surface area contributed by atoms with Crippen molar-refractivity contribution in [3.8, 4) is 0 Å². The number of unbranched alkanes of at least 4 members (excludes halogenated alkanes) is 1. The molecule has 1 aromatic rings. The van der Waals surface area contributed by atoms with Gasteiger partial charge in [0.05, 0.1) is 6.54 Å². The Morgan fingerprint density at radius 1 is 1.56 bits per heavy atom. The highest BCUT2D eigenvalue weighted by atomic mass is 16.6. The van der Waals surface area contributed by atoms with Crippen molar-refractivity contribution in [1.82, 2.24) is 4.57 Å². The number of nitrogens with zero attached hydrogens (tertiary/aromatic N) is 2. The number of carbonyl (C=O) groups is 1. The van der Waals surface area contributed by atoms with E-state index in [0.717, 1.165) is 13.0 Å². The quantitative estimate of drug-likeness (QED) is 0.443. The first-order valence-corrected chi connectivity index (χ1v) is 5.97. The van der Waals surface area contributed by atoms with Crippen LogP contribution in [0.5, 0.6) is 0 Å². The second-order valence-corrected chi connectivity index (χ2v) is 4.24. The highest BCUT2D eigenvalue weighted by Crippen LogP contribution is 2.08. The zero-order valence-corrected chi connectivity index (χ0v) is 11.3. The van der Waals surface area contributed by atoms with E-state index in [1.54, 1.807) is 6.92 Å². The zero-order chi connectivity index (χ0) is 12.8. The number of imidazole rings is 1. The fourth-order valence-electron chi connectivity index (χ4n) is 1.42. The standard InChI is InChI=1S/C13H21N2O2.H2O/c1-5-6-7-14-8-9-15(10-14)12(4)17-13(16)11(2)3;/h8-10,12H,2,5-7H2,1,3-4H3;1H2/q+1;/p-1. The average molecular weight is 254 g/mol. The minimum absolute atomic E-state index is 0. The molecule has 0 aliphatic heterocycles. The molecule has 0 aliphatic rings. The predicted octanol–water partition coefficient (Wildman–Crippen LogP) is 2.04. The Hall–Kier alpha value is -1.62. The van der Waals surface area contributed by atoms with E-state index in [1.807, 2.05) is 30.2 Å². The Bertz CT molecular complexity index is 399. The van der Waals surface area contributed by atoms with E-state index in [-0.39, 0.29) is 17.7 Å². The van der Waals surface area contributed by atoms with Gasteiger partial charge in [-0.15, -0.1) is 0 Å². The Balaban J connectivity index is 0.00000289. The van der Waals surface area contributed by atoms with E-state index in [4.69, 9.17) is 4.74 Å². The van der Waals surface area contributed by atoms with Crippen molar-refractivity contribution in [3.63, 3.8) is 0 Å². The molecule has 0 fully saturated rings. The second kappa shape index (κ2) is 7.66. The molecular formula is C13H22N2O3. The summed E-state index contributed by atoms with van der Waals surface area (Å²) in [7, 11) is 0. The number of aryl methyl sites for hydroxylation is 1. The van der Waals surface area contributed by atoms with Crippen molar-refractivity contribution in [2.45, 2.75) is 46.4 Å². The van der Waals surface area contributed by atoms with Crippen LogP contribution in [0.2, 0.25) is 0 Å². The van der Waals surface area contributed by atoms with Gasteiger partial charge < -0.3 is 10.2 Å². The van der Waals surface area contributed by atoms with Crippen molar-refractivity contribution in [3.05, 3.63) is 30.9 Å². The molecule has 1 aromatic heterocycles. The topological polar surface area (TPSA) is 65.1 Å². The van der Waals surface area contributed by atoms with Gasteiger partial charge in [0.25, 0.3) is 0 Å². The van der Waals surface area contributed by atoms with Crippen molar-refractivity contribution >= 4 is 5.97 Å². The summed E-state index contributed by atoms with van der Waals surface area (Å²) in [5.41, 5.74) is 0.419. The lowest BCUT2D eigenvalue weighted by molar-refractivity contribution is -0.697. The molecule has 0 radical (unpaired) electrons. The van der Waals surface area contributed by atoms with E-state index >= 15 is 0 Å². The molecule has 1 atom stereocenters. The van der Waals surface area contributed by atoms with Crippen molar-refractivity contribution in [1.29, 1.82) is 0 Å². The van der Waals surface area contributed by atoms with Crippen molar-refractivity contribution < 1.29 is 19.6 Å². The van der Waals surface area contributed by atoms with E-state index in [2.05, 4.69) is 18.1 Å². The maximum Gasteiger partial charge on any atom is 0.336 e. The lowest BCUT2D eigenvalue weighted by Gasteiger charge is -2.09. The molecule has 18 heavy (non-hydrogen) atoms. The number of carbonyl (C=O) groups excluding carboxylic acids is 1. The number of ether oxygens (including phenoxy) is 1. The minimum Gasteiger partial charge on any atom is -0.870 e. The molecule has 0 saturated heterocycles. The Kier molecular flexibility index (Phi) is 6.97. The average Bonchev–Trinajstić information content (AvgIpc) is 2.74. The monoisotopic (exact) mass is 254 g/mol. The summed E-state index contributed by atoms with van der Waals surface area (Å²) in [6.07, 6.45) is 7.85. The molecule has 0 amide bonds. The predicted molar refractivity (Wildman–Crippen MR) is 67.1 cm³/mol. The normalized spacial score (nSPS) is 11.5. The minimum atomic E-state index is -0.355. The fourth-order valence-corrected chi connectivity index (χ4v) is 1.42. The van der Waals surface area contributed by atoms with Crippen LogP contribution in [0.4, 0.5) is 0 Å². The molecular weight excluding hydrogens is 232 g/mol. The molecule has 1 heterocycles. The summed E-state index contributed by atoms with van der Waals surface area (Å²) in [5, 5.41) is 0. The third-order valence-corrected chi connectivity index (χ3v) is 2.53. The number of hydrogen-bond acceptors (Lipinski definition) is 3. The number of hydrogen-bond donors (Lipinski definition) is 0. The molecule has 0 aliphatic carbocycles. The van der Waals surface area contributed by atoms with Crippen LogP contribution in [0.25, 0.3) is 0 Å². The van der Waals surface area contributed by atoms with Gasteiger partial charge in [-0.3, -0.25) is 0 Å². The third-order valence-electron chi connectivity index (χ3n) is 2.53. The highest BCUT2D eigenvalue weighted by molar-refractivity contribution is 5.86. The first kappa shape index (κ1) is 16.4. The van der Waals surface area contributed by atoms with Crippen LogP contribution in [0.1, 0.15) is 39.8 Å². The molecule has 1 rings (SSSR count). The number of aromatic nitrogens is 2.